The van der Waals surface area contributed by atoms with Gasteiger partial charge in [-0.1, -0.05) is 24.6 Å². The first-order chi connectivity index (χ1) is 9.47. The zero-order valence-corrected chi connectivity index (χ0v) is 13.0. The van der Waals surface area contributed by atoms with Crippen molar-refractivity contribution in [3.8, 4) is 0 Å². The third-order valence-electron chi connectivity index (χ3n) is 4.48. The highest BCUT2D eigenvalue weighted by Gasteiger charge is 2.67. The summed E-state index contributed by atoms with van der Waals surface area (Å²) in [5.41, 5.74) is 7.69. The van der Waals surface area contributed by atoms with Gasteiger partial charge in [0.2, 0.25) is 10.0 Å². The number of hydrogen-bond donors (Lipinski definition) is 1. The van der Waals surface area contributed by atoms with E-state index in [1.807, 2.05) is 25.1 Å². The zero-order chi connectivity index (χ0) is 14.5. The van der Waals surface area contributed by atoms with Crippen LogP contribution >= 0.6 is 11.6 Å². The van der Waals surface area contributed by atoms with Crippen molar-refractivity contribution in [1.29, 1.82) is 0 Å². The summed E-state index contributed by atoms with van der Waals surface area (Å²) >= 11 is 6.07. The van der Waals surface area contributed by atoms with Gasteiger partial charge < -0.3 is 5.73 Å². The molecule has 0 bridgehead atoms. The normalized spacial score (nSPS) is 31.2. The molecule has 1 aliphatic heterocycles. The third-order valence-corrected chi connectivity index (χ3v) is 7.35. The zero-order valence-electron chi connectivity index (χ0n) is 11.5. The largest absolute Gasteiger partial charge is 0.330 e. The molecule has 0 aromatic heterocycles. The number of benzene rings is 1. The van der Waals surface area contributed by atoms with E-state index in [-0.39, 0.29) is 5.92 Å². The van der Waals surface area contributed by atoms with Crippen molar-refractivity contribution in [2.75, 3.05) is 13.1 Å². The molecule has 1 spiro atoms. The molecule has 20 heavy (non-hydrogen) atoms. The van der Waals surface area contributed by atoms with Gasteiger partial charge in [-0.05, 0) is 48.6 Å². The number of sulfonamides is 1. The fourth-order valence-electron chi connectivity index (χ4n) is 3.40. The summed E-state index contributed by atoms with van der Waals surface area (Å²) in [6.07, 6.45) is 1.42. The van der Waals surface area contributed by atoms with Crippen LogP contribution in [-0.4, -0.2) is 25.8 Å². The molecule has 4 nitrogen and oxygen atoms in total. The highest BCUT2D eigenvalue weighted by molar-refractivity contribution is 7.90. The lowest BCUT2D eigenvalue weighted by Crippen LogP contribution is -2.45. The van der Waals surface area contributed by atoms with Crippen LogP contribution in [0.5, 0.6) is 0 Å². The first-order valence-corrected chi connectivity index (χ1v) is 8.78. The average Bonchev–Trinajstić information content (AvgIpc) is 3.14. The summed E-state index contributed by atoms with van der Waals surface area (Å²) in [6, 6.07) is 5.59. The number of nitrogens with two attached hydrogens (primary N) is 1. The van der Waals surface area contributed by atoms with E-state index in [1.165, 1.54) is 0 Å². The summed E-state index contributed by atoms with van der Waals surface area (Å²) in [5.74, 6) is 0.00405. The van der Waals surface area contributed by atoms with Crippen LogP contribution in [0.2, 0.25) is 5.02 Å². The van der Waals surface area contributed by atoms with Crippen LogP contribution < -0.4 is 5.73 Å². The topological polar surface area (TPSA) is 63.4 Å². The predicted molar refractivity (Wildman–Crippen MR) is 79.9 cm³/mol. The van der Waals surface area contributed by atoms with Crippen molar-refractivity contribution >= 4 is 21.6 Å². The smallest absolute Gasteiger partial charge is 0.224 e. The van der Waals surface area contributed by atoms with E-state index in [1.54, 1.807) is 4.31 Å². The standard InChI is InChI=1S/C14H19ClN2O2S/c1-2-5-17-9-10-3-4-12(15)6-13(10)14(20(17,18)19)7-11(14)8-16/h3-4,6,11H,2,5,7-9,16H2,1H3. The van der Waals surface area contributed by atoms with Crippen molar-refractivity contribution in [3.63, 3.8) is 0 Å². The van der Waals surface area contributed by atoms with Crippen molar-refractivity contribution < 1.29 is 8.42 Å². The summed E-state index contributed by atoms with van der Waals surface area (Å²) in [5, 5.41) is 0.588. The molecule has 2 unspecified atom stereocenters. The summed E-state index contributed by atoms with van der Waals surface area (Å²) < 4.78 is 26.7. The lowest BCUT2D eigenvalue weighted by atomic mass is 10.0. The quantitative estimate of drug-likeness (QED) is 0.929. The van der Waals surface area contributed by atoms with E-state index >= 15 is 0 Å². The summed E-state index contributed by atoms with van der Waals surface area (Å²) in [7, 11) is -3.35. The first-order valence-electron chi connectivity index (χ1n) is 6.96. The molecule has 1 saturated carbocycles. The highest BCUT2D eigenvalue weighted by Crippen LogP contribution is 2.61. The van der Waals surface area contributed by atoms with Gasteiger partial charge in [-0.15, -0.1) is 0 Å². The maximum atomic E-state index is 13.0. The van der Waals surface area contributed by atoms with Crippen molar-refractivity contribution in [3.05, 3.63) is 34.3 Å². The molecule has 0 saturated heterocycles. The Morgan fingerprint density at radius 1 is 1.50 bits per heavy atom. The van der Waals surface area contributed by atoms with Gasteiger partial charge in [-0.25, -0.2) is 8.42 Å². The summed E-state index contributed by atoms with van der Waals surface area (Å²) in [4.78, 5) is 0. The predicted octanol–water partition coefficient (Wildman–Crippen LogP) is 2.07. The molecule has 1 aromatic carbocycles. The average molecular weight is 315 g/mol. The Morgan fingerprint density at radius 3 is 2.85 bits per heavy atom. The minimum Gasteiger partial charge on any atom is -0.330 e. The van der Waals surface area contributed by atoms with E-state index in [0.29, 0.717) is 31.1 Å². The second kappa shape index (κ2) is 4.70. The molecule has 2 atom stereocenters. The SMILES string of the molecule is CCCN1Cc2ccc(Cl)cc2C2(CC2CN)S1(=O)=O. The fourth-order valence-corrected chi connectivity index (χ4v) is 6.16. The van der Waals surface area contributed by atoms with Crippen LogP contribution in [0.3, 0.4) is 0 Å². The van der Waals surface area contributed by atoms with E-state index in [9.17, 15) is 8.42 Å². The number of rotatable bonds is 3. The second-order valence-corrected chi connectivity index (χ2v) is 8.30. The lowest BCUT2D eigenvalue weighted by molar-refractivity contribution is 0.379. The van der Waals surface area contributed by atoms with Crippen LogP contribution in [0.1, 0.15) is 30.9 Å². The Bertz CT molecular complexity index is 647. The molecule has 1 heterocycles. The van der Waals surface area contributed by atoms with Gasteiger partial charge in [0.05, 0.1) is 0 Å². The minimum atomic E-state index is -3.35. The number of halogens is 1. The molecule has 1 aliphatic carbocycles. The molecule has 3 rings (SSSR count). The van der Waals surface area contributed by atoms with Gasteiger partial charge in [0.15, 0.2) is 0 Å². The maximum Gasteiger partial charge on any atom is 0.224 e. The van der Waals surface area contributed by atoms with Crippen LogP contribution in [0.15, 0.2) is 18.2 Å². The van der Waals surface area contributed by atoms with Gasteiger partial charge in [-0.2, -0.15) is 4.31 Å². The molecule has 0 radical (unpaired) electrons. The van der Waals surface area contributed by atoms with Crippen molar-refractivity contribution in [2.45, 2.75) is 31.1 Å². The minimum absolute atomic E-state index is 0.00405. The van der Waals surface area contributed by atoms with Gasteiger partial charge in [0, 0.05) is 18.1 Å². The molecule has 6 heteroatoms. The molecular weight excluding hydrogens is 296 g/mol. The Morgan fingerprint density at radius 2 is 2.25 bits per heavy atom. The monoisotopic (exact) mass is 314 g/mol. The van der Waals surface area contributed by atoms with E-state index in [2.05, 4.69) is 0 Å². The Balaban J connectivity index is 2.18. The molecule has 2 N–H and O–H groups in total. The number of fused-ring (bicyclic) bond motifs is 2. The summed E-state index contributed by atoms with van der Waals surface area (Å²) in [6.45, 7) is 3.39. The van der Waals surface area contributed by atoms with Crippen molar-refractivity contribution in [1.82, 2.24) is 4.31 Å². The van der Waals surface area contributed by atoms with Crippen LogP contribution in [0.4, 0.5) is 0 Å². The molecule has 2 aliphatic rings. The molecule has 1 fully saturated rings. The lowest BCUT2D eigenvalue weighted by Gasteiger charge is -2.35. The Labute approximate surface area is 125 Å². The van der Waals surface area contributed by atoms with E-state index in [0.717, 1.165) is 17.5 Å². The van der Waals surface area contributed by atoms with Gasteiger partial charge in [0.25, 0.3) is 0 Å². The maximum absolute atomic E-state index is 13.0. The Hall–Kier alpha value is -0.620. The molecular formula is C14H19ClN2O2S. The van der Waals surface area contributed by atoms with Gasteiger partial charge in [-0.3, -0.25) is 0 Å². The highest BCUT2D eigenvalue weighted by atomic mass is 35.5. The van der Waals surface area contributed by atoms with Gasteiger partial charge >= 0.3 is 0 Å². The molecule has 1 aromatic rings. The number of nitrogens with zero attached hydrogens (tertiary/aromatic N) is 1. The fraction of sp³-hybridized carbons (Fsp3) is 0.571. The van der Waals surface area contributed by atoms with Crippen molar-refractivity contribution in [2.24, 2.45) is 11.7 Å². The second-order valence-electron chi connectivity index (χ2n) is 5.67. The van der Waals surface area contributed by atoms with E-state index in [4.69, 9.17) is 17.3 Å². The Kier molecular flexibility index (Phi) is 3.36. The van der Waals surface area contributed by atoms with E-state index < -0.39 is 14.8 Å². The van der Waals surface area contributed by atoms with Crippen LogP contribution in [-0.2, 0) is 21.3 Å². The van der Waals surface area contributed by atoms with Gasteiger partial charge in [0.1, 0.15) is 4.75 Å². The molecule has 0 amide bonds. The first kappa shape index (κ1) is 14.3. The molecule has 110 valence electrons. The third kappa shape index (κ3) is 1.77. The van der Waals surface area contributed by atoms with Crippen LogP contribution in [0, 0.1) is 5.92 Å². The van der Waals surface area contributed by atoms with Crippen LogP contribution in [0.25, 0.3) is 0 Å². The number of hydrogen-bond acceptors (Lipinski definition) is 3.